The summed E-state index contributed by atoms with van der Waals surface area (Å²) in [5, 5.41) is 12.0. The van der Waals surface area contributed by atoms with Gasteiger partial charge in [-0.15, -0.1) is 11.3 Å². The van der Waals surface area contributed by atoms with Crippen molar-refractivity contribution in [3.63, 3.8) is 0 Å². The van der Waals surface area contributed by atoms with Crippen molar-refractivity contribution in [3.05, 3.63) is 124 Å². The van der Waals surface area contributed by atoms with Crippen molar-refractivity contribution >= 4 is 50.7 Å². The Morgan fingerprint density at radius 3 is 2.34 bits per heavy atom. The summed E-state index contributed by atoms with van der Waals surface area (Å²) in [6, 6.07) is 20.9. The minimum Gasteiger partial charge on any atom is -0.492 e. The maximum atomic E-state index is 14.4. The molecule has 0 aliphatic carbocycles. The van der Waals surface area contributed by atoms with Crippen LogP contribution in [0.5, 0.6) is 28.9 Å². The fourth-order valence-electron chi connectivity index (χ4n) is 10.1. The summed E-state index contributed by atoms with van der Waals surface area (Å²) in [6.45, 7) is 13.2. The number of carboxylic acids is 1. The molecule has 7 aromatic rings. The number of fused-ring (bicyclic) bond motifs is 7. The van der Waals surface area contributed by atoms with Gasteiger partial charge in [0, 0.05) is 92.0 Å². The molecule has 0 radical (unpaired) electrons. The van der Waals surface area contributed by atoms with Crippen molar-refractivity contribution in [3.8, 4) is 61.8 Å². The minimum absolute atomic E-state index is 0.0252. The molecule has 4 aromatic carbocycles. The van der Waals surface area contributed by atoms with E-state index in [1.807, 2.05) is 38.1 Å². The molecule has 5 aliphatic heterocycles. The lowest BCUT2D eigenvalue weighted by Crippen LogP contribution is -2.66. The van der Waals surface area contributed by atoms with E-state index in [2.05, 4.69) is 36.7 Å². The lowest BCUT2D eigenvalue weighted by Gasteiger charge is -2.55. The van der Waals surface area contributed by atoms with Crippen molar-refractivity contribution in [1.82, 2.24) is 34.6 Å². The van der Waals surface area contributed by atoms with Gasteiger partial charge >= 0.3 is 5.97 Å². The third kappa shape index (κ3) is 10.4. The van der Waals surface area contributed by atoms with Crippen molar-refractivity contribution in [1.29, 1.82) is 0 Å². The molecule has 3 fully saturated rings. The second kappa shape index (κ2) is 21.2. The zero-order valence-corrected chi connectivity index (χ0v) is 43.4. The number of aliphatic carboxylic acids is 1. The van der Waals surface area contributed by atoms with Crippen molar-refractivity contribution in [2.24, 2.45) is 5.41 Å². The van der Waals surface area contributed by atoms with E-state index in [9.17, 15) is 14.3 Å². The molecule has 0 amide bonds. The molecule has 1 spiro atoms. The van der Waals surface area contributed by atoms with Crippen LogP contribution in [-0.4, -0.2) is 144 Å². The molecule has 3 aromatic heterocycles. The molecular formula is C55H54Cl2FN7O8S. The number of benzene rings is 4. The number of halogens is 3. The molecule has 19 heteroatoms. The largest absolute Gasteiger partial charge is 0.492 e. The van der Waals surface area contributed by atoms with E-state index >= 15 is 0 Å². The van der Waals surface area contributed by atoms with E-state index in [4.69, 9.17) is 56.6 Å². The van der Waals surface area contributed by atoms with E-state index in [1.54, 1.807) is 42.6 Å². The quantitative estimate of drug-likeness (QED) is 0.124. The molecule has 12 rings (SSSR count). The normalized spacial score (nSPS) is 18.9. The Morgan fingerprint density at radius 2 is 1.62 bits per heavy atom. The summed E-state index contributed by atoms with van der Waals surface area (Å²) < 4.78 is 52.3. The van der Waals surface area contributed by atoms with Crippen LogP contribution in [-0.2, 0) is 22.6 Å². The number of piperazine rings is 1. The van der Waals surface area contributed by atoms with Gasteiger partial charge in [-0.05, 0) is 104 Å². The van der Waals surface area contributed by atoms with Gasteiger partial charge in [0.25, 0.3) is 0 Å². The fraction of sp³-hybridized carbons (Fsp3) is 0.364. The zero-order chi connectivity index (χ0) is 51.1. The van der Waals surface area contributed by atoms with Gasteiger partial charge in [0.15, 0.2) is 11.6 Å². The molecule has 15 nitrogen and oxygen atoms in total. The highest BCUT2D eigenvalue weighted by Crippen LogP contribution is 2.53. The van der Waals surface area contributed by atoms with Gasteiger partial charge in [-0.2, -0.15) is 0 Å². The molecular weight excluding hydrogens is 1010 g/mol. The molecule has 8 heterocycles. The SMILES string of the molecule is Cc1c(Cl)c2c(Cl)c(C)c1-c1c(-c3ccc(F)cc3)sc3ncnc(c13)O[C@@H](C(=O)O)Cc1cc(ccc1OCc1ccnc(-c3ccc(OCCN4CC5(COC5)C4)cc3)n1)OC[C@@H](CN1CCN(C)CC1)O2. The Balaban J connectivity index is 0.915. The van der Waals surface area contributed by atoms with Gasteiger partial charge in [0.1, 0.15) is 60.1 Å². The van der Waals surface area contributed by atoms with E-state index in [0.717, 1.165) is 70.3 Å². The molecule has 0 unspecified atom stereocenters. The average Bonchev–Trinajstić information content (AvgIpc) is 3.77. The number of hydrogen-bond donors (Lipinski definition) is 1. The molecule has 5 aliphatic rings. The highest BCUT2D eigenvalue weighted by atomic mass is 35.5. The van der Waals surface area contributed by atoms with E-state index in [1.165, 1.54) is 29.8 Å². The molecule has 4 bridgehead atoms. The number of likely N-dealkylation sites (N-methyl/N-ethyl adjacent to an activating group) is 1. The number of nitrogens with zero attached hydrogens (tertiary/aromatic N) is 7. The van der Waals surface area contributed by atoms with Crippen LogP contribution in [0.4, 0.5) is 4.39 Å². The monoisotopic (exact) mass is 1060 g/mol. The Labute approximate surface area is 441 Å². The first kappa shape index (κ1) is 50.0. The maximum absolute atomic E-state index is 14.4. The number of rotatable bonds is 12. The molecule has 3 saturated heterocycles. The van der Waals surface area contributed by atoms with E-state index in [0.29, 0.717) is 106 Å². The Morgan fingerprint density at radius 1 is 0.878 bits per heavy atom. The standard InChI is InChI=1S/C55H54Cl2FN7O8S/c1-32-44-33(2)48(57)49(47(32)56)72-41(24-64-18-16-63(3)17-19-64)26-70-40-12-13-42(71-25-38-14-15-59-51(62-38)35-6-10-39(11-7-35)69-21-20-65-27-55(28-65)29-68-30-55)36(22-40)23-43(54(66)67)73-52-46-45(44)50(74-53(46)61-31-60-52)34-4-8-37(58)9-5-34/h4-15,22,31,41,43H,16-21,23-30H2,1-3H3,(H,66,67)/t41-,43-/m1/s1. The van der Waals surface area contributed by atoms with Crippen LogP contribution in [0.15, 0.2) is 85.3 Å². The summed E-state index contributed by atoms with van der Waals surface area (Å²) in [7, 11) is 2.10. The summed E-state index contributed by atoms with van der Waals surface area (Å²) in [4.78, 5) is 40.2. The van der Waals surface area contributed by atoms with Gasteiger partial charge in [-0.1, -0.05) is 35.3 Å². The Bertz CT molecular complexity index is 3170. The van der Waals surface area contributed by atoms with Gasteiger partial charge in [0.05, 0.1) is 34.3 Å². The van der Waals surface area contributed by atoms with Crippen molar-refractivity contribution < 1.29 is 42.7 Å². The summed E-state index contributed by atoms with van der Waals surface area (Å²) in [6.07, 6.45) is 0.849. The molecule has 0 saturated carbocycles. The fourth-order valence-corrected chi connectivity index (χ4v) is 11.8. The number of carbonyl (C=O) groups is 1. The first-order chi connectivity index (χ1) is 35.9. The number of hydrogen-bond acceptors (Lipinski definition) is 15. The van der Waals surface area contributed by atoms with Crippen LogP contribution in [0.3, 0.4) is 0 Å². The van der Waals surface area contributed by atoms with Crippen LogP contribution in [0.2, 0.25) is 10.0 Å². The predicted octanol–water partition coefficient (Wildman–Crippen LogP) is 9.30. The molecule has 1 N–H and O–H groups in total. The van der Waals surface area contributed by atoms with Gasteiger partial charge in [-0.25, -0.2) is 29.1 Å². The van der Waals surface area contributed by atoms with Crippen molar-refractivity contribution in [2.75, 3.05) is 85.8 Å². The number of carboxylic acid groups (broad SMARTS) is 1. The first-order valence-electron chi connectivity index (χ1n) is 24.6. The molecule has 384 valence electrons. The number of ether oxygens (including phenoxy) is 6. The van der Waals surface area contributed by atoms with Crippen LogP contribution < -0.4 is 23.7 Å². The van der Waals surface area contributed by atoms with Crippen LogP contribution in [0.25, 0.3) is 43.2 Å². The topological polar surface area (TPSA) is 154 Å². The highest BCUT2D eigenvalue weighted by Gasteiger charge is 2.48. The van der Waals surface area contributed by atoms with Crippen LogP contribution in [0.1, 0.15) is 22.4 Å². The van der Waals surface area contributed by atoms with Gasteiger partial charge < -0.3 is 38.4 Å². The summed E-state index contributed by atoms with van der Waals surface area (Å²) in [5.74, 6) is 0.838. The summed E-state index contributed by atoms with van der Waals surface area (Å²) >= 11 is 16.0. The molecule has 74 heavy (non-hydrogen) atoms. The highest BCUT2D eigenvalue weighted by molar-refractivity contribution is 7.22. The average molecular weight is 1060 g/mol. The first-order valence-corrected chi connectivity index (χ1v) is 26.2. The summed E-state index contributed by atoms with van der Waals surface area (Å²) in [5.41, 5.74) is 5.55. The third-order valence-corrected chi connectivity index (χ3v) is 16.2. The van der Waals surface area contributed by atoms with E-state index < -0.39 is 24.0 Å². The zero-order valence-electron chi connectivity index (χ0n) is 41.1. The van der Waals surface area contributed by atoms with Gasteiger partial charge in [-0.3, -0.25) is 9.80 Å². The van der Waals surface area contributed by atoms with Gasteiger partial charge in [0.2, 0.25) is 12.0 Å². The van der Waals surface area contributed by atoms with Crippen LogP contribution in [0, 0.1) is 25.1 Å². The smallest absolute Gasteiger partial charge is 0.345 e. The van der Waals surface area contributed by atoms with Crippen LogP contribution >= 0.6 is 34.5 Å². The third-order valence-electron chi connectivity index (χ3n) is 14.2. The lowest BCUT2D eigenvalue weighted by molar-refractivity contribution is -0.189. The maximum Gasteiger partial charge on any atom is 0.345 e. The number of aromatic nitrogens is 4. The lowest BCUT2D eigenvalue weighted by atomic mass is 9.78. The Hall–Kier alpha value is -6.18. The second-order valence-corrected chi connectivity index (χ2v) is 21.3. The molecule has 2 atom stereocenters. The van der Waals surface area contributed by atoms with Crippen molar-refractivity contribution in [2.45, 2.75) is 39.1 Å². The second-order valence-electron chi connectivity index (χ2n) is 19.6. The van der Waals surface area contributed by atoms with E-state index in [-0.39, 0.29) is 25.5 Å². The Kier molecular flexibility index (Phi) is 14.3. The minimum atomic E-state index is -1.48. The number of thiophene rings is 1. The number of likely N-dealkylation sites (tertiary alicyclic amines) is 1. The predicted molar refractivity (Wildman–Crippen MR) is 281 cm³/mol.